The van der Waals surface area contributed by atoms with Crippen molar-refractivity contribution in [2.75, 3.05) is 7.05 Å². The van der Waals surface area contributed by atoms with E-state index >= 15 is 0 Å². The molecule has 0 aromatic heterocycles. The van der Waals surface area contributed by atoms with E-state index in [9.17, 15) is 5.11 Å². The van der Waals surface area contributed by atoms with Crippen LogP contribution in [0.2, 0.25) is 0 Å². The maximum Gasteiger partial charge on any atom is 0.151 e. The van der Waals surface area contributed by atoms with Crippen molar-refractivity contribution in [3.63, 3.8) is 0 Å². The fourth-order valence-electron chi connectivity index (χ4n) is 3.52. The van der Waals surface area contributed by atoms with Gasteiger partial charge in [-0.2, -0.15) is 15.3 Å². The average molecular weight is 537 g/mol. The fourth-order valence-corrected chi connectivity index (χ4v) is 3.52. The van der Waals surface area contributed by atoms with Gasteiger partial charge in [-0.15, -0.1) is 5.11 Å². The Bertz CT molecular complexity index is 1390. The Kier molecular flexibility index (Phi) is 16.5. The van der Waals surface area contributed by atoms with Crippen molar-refractivity contribution < 1.29 is 5.11 Å². The van der Waals surface area contributed by atoms with Crippen molar-refractivity contribution in [3.8, 4) is 5.75 Å². The highest BCUT2D eigenvalue weighted by Gasteiger charge is 2.09. The highest BCUT2D eigenvalue weighted by molar-refractivity contribution is 5.93. The molecule has 0 spiro atoms. The Balaban J connectivity index is 0.000000389. The Morgan fingerprint density at radius 2 is 0.975 bits per heavy atom. The first-order valence-corrected chi connectivity index (χ1v) is 14.0. The lowest BCUT2D eigenvalue weighted by atomic mass is 10.0. The zero-order chi connectivity index (χ0) is 29.8. The van der Waals surface area contributed by atoms with Crippen molar-refractivity contribution in [2.45, 2.75) is 54.9 Å². The molecular formula is C35H44N4O. The van der Waals surface area contributed by atoms with Gasteiger partial charge in [0.25, 0.3) is 0 Å². The maximum atomic E-state index is 10.4. The first-order valence-electron chi connectivity index (χ1n) is 14.0. The minimum atomic E-state index is 0.153. The van der Waals surface area contributed by atoms with Crippen molar-refractivity contribution in [1.82, 2.24) is 0 Å². The number of aromatic hydroxyl groups is 1. The summed E-state index contributed by atoms with van der Waals surface area (Å²) in [5, 5.41) is 30.9. The van der Waals surface area contributed by atoms with Gasteiger partial charge in [0.1, 0.15) is 5.69 Å². The van der Waals surface area contributed by atoms with Gasteiger partial charge in [-0.3, -0.25) is 0 Å². The summed E-state index contributed by atoms with van der Waals surface area (Å²) in [7, 11) is 1.62. The van der Waals surface area contributed by atoms with Gasteiger partial charge in [-0.05, 0) is 59.0 Å². The summed E-state index contributed by atoms with van der Waals surface area (Å²) < 4.78 is 0. The second-order valence-corrected chi connectivity index (χ2v) is 8.18. The first-order chi connectivity index (χ1) is 19.6. The number of benzene rings is 5. The molecule has 5 aromatic rings. The number of nitrogens with zero attached hydrogens (tertiary/aromatic N) is 4. The highest BCUT2D eigenvalue weighted by atomic mass is 16.3. The number of fused-ring (bicyclic) bond motifs is 2. The third-order valence-corrected chi connectivity index (χ3v) is 5.18. The average Bonchev–Trinajstić information content (AvgIpc) is 3.01. The van der Waals surface area contributed by atoms with E-state index in [1.54, 1.807) is 19.2 Å². The molecule has 0 amide bonds. The number of aryl methyl sites for hydroxylation is 1. The number of phenolic OH excluding ortho intramolecular Hbond substituents is 1. The summed E-state index contributed by atoms with van der Waals surface area (Å²) in [6.45, 7) is 14.2. The second kappa shape index (κ2) is 19.7. The van der Waals surface area contributed by atoms with Gasteiger partial charge in [-0.1, -0.05) is 121 Å². The predicted molar refractivity (Wildman–Crippen MR) is 174 cm³/mol. The van der Waals surface area contributed by atoms with Crippen LogP contribution < -0.4 is 0 Å². The monoisotopic (exact) mass is 536 g/mol. The van der Waals surface area contributed by atoms with Crippen LogP contribution in [-0.2, 0) is 0 Å². The van der Waals surface area contributed by atoms with Gasteiger partial charge in [-0.25, -0.2) is 0 Å². The third kappa shape index (κ3) is 10.4. The number of phenols is 1. The summed E-state index contributed by atoms with van der Waals surface area (Å²) in [6, 6.07) is 33.6. The van der Waals surface area contributed by atoms with E-state index in [2.05, 4.69) is 82.8 Å². The van der Waals surface area contributed by atoms with Crippen LogP contribution in [0.25, 0.3) is 21.5 Å². The number of hydrogen-bond donors (Lipinski definition) is 1. The molecule has 1 N–H and O–H groups in total. The van der Waals surface area contributed by atoms with Crippen LogP contribution in [-0.4, -0.2) is 12.2 Å². The van der Waals surface area contributed by atoms with Gasteiger partial charge in [0.2, 0.25) is 0 Å². The van der Waals surface area contributed by atoms with Gasteiger partial charge in [0.15, 0.2) is 5.75 Å². The molecule has 0 unspecified atom stereocenters. The van der Waals surface area contributed by atoms with Crippen LogP contribution in [0.4, 0.5) is 17.1 Å². The molecule has 0 aliphatic carbocycles. The highest BCUT2D eigenvalue weighted by Crippen LogP contribution is 2.38. The Morgan fingerprint density at radius 3 is 1.43 bits per heavy atom. The molecule has 0 heterocycles. The topological polar surface area (TPSA) is 69.7 Å². The summed E-state index contributed by atoms with van der Waals surface area (Å²) >= 11 is 0. The van der Waals surface area contributed by atoms with Crippen LogP contribution in [0, 0.1) is 6.92 Å². The molecule has 5 nitrogen and oxygen atoms in total. The molecule has 0 saturated heterocycles. The fraction of sp³-hybridized carbons (Fsp3) is 0.257. The standard InChI is InChI=1S/C18H16N4O.C10H8.C3H8.2C2H6/c1-12-11-13-5-3-4-6-16(13)18(23)17(12)22-21-15-9-7-14(8-10-15)20-19-2;1-2-6-10-8-4-3-7-9(10)5-1;1-3-2;2*1-2/h3-11,23H,1-2H3;1-8H;3H2,1-2H3;2*1-2H3. The van der Waals surface area contributed by atoms with E-state index in [0.29, 0.717) is 11.4 Å². The van der Waals surface area contributed by atoms with Crippen LogP contribution in [0.15, 0.2) is 124 Å². The van der Waals surface area contributed by atoms with Gasteiger partial charge in [0, 0.05) is 12.4 Å². The quantitative estimate of drug-likeness (QED) is 0.229. The van der Waals surface area contributed by atoms with Gasteiger partial charge >= 0.3 is 0 Å². The van der Waals surface area contributed by atoms with Crippen molar-refractivity contribution in [3.05, 3.63) is 109 Å². The summed E-state index contributed by atoms with van der Waals surface area (Å²) in [6.07, 6.45) is 1.25. The molecule has 0 bridgehead atoms. The Hall–Kier alpha value is -4.38. The van der Waals surface area contributed by atoms with E-state index < -0.39 is 0 Å². The number of hydrogen-bond acceptors (Lipinski definition) is 5. The van der Waals surface area contributed by atoms with E-state index in [0.717, 1.165) is 22.0 Å². The first kappa shape index (κ1) is 33.6. The summed E-state index contributed by atoms with van der Waals surface area (Å²) in [5.41, 5.74) is 2.81. The minimum Gasteiger partial charge on any atom is -0.505 e. The molecule has 0 aliphatic heterocycles. The largest absolute Gasteiger partial charge is 0.505 e. The van der Waals surface area contributed by atoms with Crippen LogP contribution in [0.3, 0.4) is 0 Å². The lowest BCUT2D eigenvalue weighted by molar-refractivity contribution is 0.482. The van der Waals surface area contributed by atoms with E-state index in [-0.39, 0.29) is 5.75 Å². The molecule has 0 aliphatic rings. The molecule has 40 heavy (non-hydrogen) atoms. The Morgan fingerprint density at radius 1 is 0.575 bits per heavy atom. The Labute approximate surface area is 240 Å². The maximum absolute atomic E-state index is 10.4. The zero-order valence-corrected chi connectivity index (χ0v) is 25.3. The third-order valence-electron chi connectivity index (χ3n) is 5.18. The van der Waals surface area contributed by atoms with Gasteiger partial charge in [0.05, 0.1) is 11.4 Å². The number of rotatable bonds is 3. The minimum absolute atomic E-state index is 0.153. The number of azo groups is 2. The van der Waals surface area contributed by atoms with Crippen molar-refractivity contribution in [2.24, 2.45) is 20.5 Å². The zero-order valence-electron chi connectivity index (χ0n) is 25.3. The predicted octanol–water partition coefficient (Wildman–Crippen LogP) is 12.3. The molecule has 5 aromatic carbocycles. The van der Waals surface area contributed by atoms with Crippen LogP contribution in [0.5, 0.6) is 5.75 Å². The smallest absolute Gasteiger partial charge is 0.151 e. The molecule has 210 valence electrons. The lowest BCUT2D eigenvalue weighted by Crippen LogP contribution is -1.80. The second-order valence-electron chi connectivity index (χ2n) is 8.18. The molecule has 0 radical (unpaired) electrons. The van der Waals surface area contributed by atoms with E-state index in [1.165, 1.54) is 17.2 Å². The molecule has 0 fully saturated rings. The van der Waals surface area contributed by atoms with Crippen LogP contribution >= 0.6 is 0 Å². The van der Waals surface area contributed by atoms with E-state index in [1.807, 2.05) is 77.1 Å². The van der Waals surface area contributed by atoms with E-state index in [4.69, 9.17) is 0 Å². The molecular weight excluding hydrogens is 492 g/mol. The summed E-state index contributed by atoms with van der Waals surface area (Å²) in [5.74, 6) is 0.153. The normalized spacial score (nSPS) is 10.0. The summed E-state index contributed by atoms with van der Waals surface area (Å²) in [4.78, 5) is 0. The van der Waals surface area contributed by atoms with Crippen molar-refractivity contribution >= 4 is 38.6 Å². The molecule has 0 atom stereocenters. The van der Waals surface area contributed by atoms with Crippen molar-refractivity contribution in [1.29, 1.82) is 0 Å². The SMILES string of the molecule is CC.CC.CCC.CN=Nc1ccc(N=Nc2c(C)cc3ccccc3c2O)cc1.c1ccc2ccccc2c1. The molecule has 5 heteroatoms. The van der Waals surface area contributed by atoms with Gasteiger partial charge < -0.3 is 5.11 Å². The lowest BCUT2D eigenvalue weighted by Gasteiger charge is -2.07. The molecule has 0 saturated carbocycles. The van der Waals surface area contributed by atoms with Crippen LogP contribution in [0.1, 0.15) is 53.5 Å². The molecule has 5 rings (SSSR count).